The Hall–Kier alpha value is -6.10. The molecule has 60 heavy (non-hydrogen) atoms. The van der Waals surface area contributed by atoms with Crippen LogP contribution in [0.25, 0.3) is 22.3 Å². The maximum atomic E-state index is 14.0. The second-order valence-electron chi connectivity index (χ2n) is 16.1. The number of fused-ring (bicyclic) bond motifs is 3. The Labute approximate surface area is 346 Å². The molecule has 4 atom stereocenters. The number of aliphatic hydroxyl groups excluding tert-OH is 1. The third kappa shape index (κ3) is 7.50. The number of nitrogens with zero attached hydrogens (tertiary/aromatic N) is 5. The van der Waals surface area contributed by atoms with Crippen molar-refractivity contribution in [2.75, 3.05) is 40.7 Å². The zero-order valence-electron chi connectivity index (χ0n) is 33.8. The van der Waals surface area contributed by atoms with Gasteiger partial charge in [0.25, 0.3) is 0 Å². The maximum Gasteiger partial charge on any atom is 0.413 e. The van der Waals surface area contributed by atoms with Crippen LogP contribution in [0.5, 0.6) is 34.5 Å². The van der Waals surface area contributed by atoms with Crippen molar-refractivity contribution >= 4 is 34.7 Å². The van der Waals surface area contributed by atoms with Crippen LogP contribution in [0.4, 0.5) is 4.79 Å². The fourth-order valence-electron chi connectivity index (χ4n) is 8.84. The molecule has 2 saturated carbocycles. The van der Waals surface area contributed by atoms with Crippen LogP contribution in [-0.2, 0) is 9.59 Å². The fourth-order valence-corrected chi connectivity index (χ4v) is 8.84. The molecule has 316 valence electrons. The van der Waals surface area contributed by atoms with Crippen molar-refractivity contribution < 1.29 is 47.9 Å². The van der Waals surface area contributed by atoms with Crippen LogP contribution in [0.15, 0.2) is 48.0 Å². The van der Waals surface area contributed by atoms with E-state index in [-0.39, 0.29) is 36.3 Å². The second kappa shape index (κ2) is 16.5. The summed E-state index contributed by atoms with van der Waals surface area (Å²) in [6.45, 7) is 2.66. The van der Waals surface area contributed by atoms with Gasteiger partial charge < -0.3 is 48.7 Å². The summed E-state index contributed by atoms with van der Waals surface area (Å²) in [4.78, 5) is 55.0. The van der Waals surface area contributed by atoms with E-state index in [2.05, 4.69) is 20.3 Å². The number of benzene rings is 2. The molecule has 3 N–H and O–H groups in total. The van der Waals surface area contributed by atoms with Crippen molar-refractivity contribution in [2.45, 2.75) is 76.5 Å². The van der Waals surface area contributed by atoms with Crippen molar-refractivity contribution in [1.29, 1.82) is 0 Å². The van der Waals surface area contributed by atoms with E-state index in [0.29, 0.717) is 89.5 Å². The quantitative estimate of drug-likeness (QED) is 0.172. The Morgan fingerprint density at radius 3 is 2.47 bits per heavy atom. The van der Waals surface area contributed by atoms with E-state index in [1.165, 1.54) is 19.4 Å². The lowest BCUT2D eigenvalue weighted by molar-refractivity contribution is -0.144. The number of hydrogen-bond acceptors (Lipinski definition) is 13. The molecule has 0 spiro atoms. The molecule has 3 amide bonds. The molecule has 2 aliphatic carbocycles. The number of likely N-dealkylation sites (tertiary alicyclic amines) is 1. The third-order valence-corrected chi connectivity index (χ3v) is 12.2. The first kappa shape index (κ1) is 39.4. The van der Waals surface area contributed by atoms with Crippen LogP contribution in [0.2, 0.25) is 0 Å². The first-order valence-corrected chi connectivity index (χ1v) is 20.7. The highest BCUT2D eigenvalue weighted by atomic mass is 16.7. The normalized spacial score (nSPS) is 21.2. The first-order chi connectivity index (χ1) is 29.2. The first-order valence-electron chi connectivity index (χ1n) is 20.7. The van der Waals surface area contributed by atoms with Gasteiger partial charge in [0, 0.05) is 36.7 Å². The molecular formula is C43H49N7O10. The van der Waals surface area contributed by atoms with E-state index in [1.807, 2.05) is 24.3 Å². The van der Waals surface area contributed by atoms with Crippen molar-refractivity contribution in [2.24, 2.45) is 22.9 Å². The largest absolute Gasteiger partial charge is 0.493 e. The number of hydrazone groups is 1. The molecule has 5 aliphatic rings. The lowest BCUT2D eigenvalue weighted by Crippen LogP contribution is -2.57. The van der Waals surface area contributed by atoms with Crippen LogP contribution in [0, 0.1) is 17.8 Å². The summed E-state index contributed by atoms with van der Waals surface area (Å²) in [5, 5.41) is 20.0. The number of amides is 3. The summed E-state index contributed by atoms with van der Waals surface area (Å²) in [7, 11) is 3.19. The number of aromatic amines is 1. The number of H-pyrrole nitrogens is 1. The average Bonchev–Trinajstić information content (AvgIpc) is 3.83. The highest BCUT2D eigenvalue weighted by molar-refractivity contribution is 6.07. The fraction of sp³-hybridized carbons (Fsp3) is 0.488. The lowest BCUT2D eigenvalue weighted by atomic mass is 9.73. The summed E-state index contributed by atoms with van der Waals surface area (Å²) < 4.78 is 34.4. The molecule has 17 nitrogen and oxygen atoms in total. The van der Waals surface area contributed by atoms with Gasteiger partial charge in [0.1, 0.15) is 29.3 Å². The average molecular weight is 824 g/mol. The SMILES string of the molecule is COc1ccc(C2=NN(C3CCN(C(=O)[C@@H](NC(=O)Oc4c[nH]c5c(-c6c(OCC7CC7)ccc7c6OCO7)ncnc45)[C@@H](C)O)CC3)C(=O)[C@@H]3CCCC[C@H]23)cc1OC. The molecule has 2 aromatic heterocycles. The molecule has 0 radical (unpaired) electrons. The monoisotopic (exact) mass is 823 g/mol. The Morgan fingerprint density at radius 2 is 1.72 bits per heavy atom. The van der Waals surface area contributed by atoms with Crippen LogP contribution < -0.4 is 33.7 Å². The van der Waals surface area contributed by atoms with E-state index >= 15 is 0 Å². The molecule has 0 unspecified atom stereocenters. The van der Waals surface area contributed by atoms with Gasteiger partial charge in [0.15, 0.2) is 28.7 Å². The van der Waals surface area contributed by atoms with Crippen molar-refractivity contribution in [3.8, 4) is 45.8 Å². The highest BCUT2D eigenvalue weighted by Gasteiger charge is 2.44. The van der Waals surface area contributed by atoms with Crippen LogP contribution in [0.3, 0.4) is 0 Å². The van der Waals surface area contributed by atoms with Gasteiger partial charge in [-0.2, -0.15) is 5.10 Å². The molecule has 5 heterocycles. The maximum absolute atomic E-state index is 14.0. The number of piperidine rings is 1. The zero-order chi connectivity index (χ0) is 41.5. The van der Waals surface area contributed by atoms with Gasteiger partial charge >= 0.3 is 6.09 Å². The Morgan fingerprint density at radius 1 is 0.950 bits per heavy atom. The van der Waals surface area contributed by atoms with E-state index in [0.717, 1.165) is 49.8 Å². The summed E-state index contributed by atoms with van der Waals surface area (Å²) in [6.07, 6.45) is 7.53. The van der Waals surface area contributed by atoms with E-state index in [9.17, 15) is 19.5 Å². The third-order valence-electron chi connectivity index (χ3n) is 12.2. The van der Waals surface area contributed by atoms with Crippen molar-refractivity contribution in [3.63, 3.8) is 0 Å². The standard InChI is InChI=1S/C43H49N7O10/c1-23(51)35(47-43(54)60-33-19-44-39-37(33)45-21-46-38(39)34-30(57-20-24-8-9-24)12-13-31-40(34)59-22-58-31)42(53)49-16-14-26(15-17-49)50-41(52)28-7-5-4-6-27(28)36(48-50)25-10-11-29(55-2)32(18-25)56-3/h10-13,18-19,21,23-24,26-28,35,44,51H,4-9,14-17,20,22H2,1-3H3,(H,47,54)/t23-,27+,28-,35+/m1/s1. The molecule has 2 aromatic carbocycles. The Kier molecular flexibility index (Phi) is 10.8. The number of ether oxygens (including phenoxy) is 6. The van der Waals surface area contributed by atoms with Crippen molar-refractivity contribution in [3.05, 3.63) is 48.4 Å². The molecule has 1 saturated heterocycles. The van der Waals surface area contributed by atoms with Gasteiger partial charge in [0.2, 0.25) is 18.6 Å². The van der Waals surface area contributed by atoms with Crippen molar-refractivity contribution in [1.82, 2.24) is 30.2 Å². The topological polar surface area (TPSA) is 199 Å². The number of rotatable bonds is 12. The lowest BCUT2D eigenvalue weighted by Gasteiger charge is -2.43. The number of aliphatic hydroxyl groups is 1. The number of nitrogens with one attached hydrogen (secondary N) is 2. The second-order valence-corrected chi connectivity index (χ2v) is 16.1. The highest BCUT2D eigenvalue weighted by Crippen LogP contribution is 2.49. The summed E-state index contributed by atoms with van der Waals surface area (Å²) in [5.74, 6) is 2.84. The van der Waals surface area contributed by atoms with Gasteiger partial charge in [-0.3, -0.25) is 9.59 Å². The Bertz CT molecular complexity index is 2320. The Balaban J connectivity index is 0.879. The summed E-state index contributed by atoms with van der Waals surface area (Å²) >= 11 is 0. The predicted octanol–water partition coefficient (Wildman–Crippen LogP) is 5.04. The van der Waals surface area contributed by atoms with Gasteiger partial charge in [0.05, 0.1) is 49.8 Å². The molecule has 3 fully saturated rings. The van der Waals surface area contributed by atoms with Crippen LogP contribution in [-0.4, -0.2) is 112 Å². The van der Waals surface area contributed by atoms with E-state index < -0.39 is 24.1 Å². The minimum Gasteiger partial charge on any atom is -0.493 e. The molecule has 0 bridgehead atoms. The van der Waals surface area contributed by atoms with E-state index in [1.54, 1.807) is 30.2 Å². The zero-order valence-corrected chi connectivity index (χ0v) is 33.8. The molecule has 3 aliphatic heterocycles. The summed E-state index contributed by atoms with van der Waals surface area (Å²) in [5.41, 5.74) is 3.59. The number of aromatic nitrogens is 3. The molecule has 4 aromatic rings. The van der Waals surface area contributed by atoms with Crippen LogP contribution >= 0.6 is 0 Å². The van der Waals surface area contributed by atoms with E-state index in [4.69, 9.17) is 33.5 Å². The number of carbonyl (C=O) groups is 3. The smallest absolute Gasteiger partial charge is 0.413 e. The van der Waals surface area contributed by atoms with Gasteiger partial charge in [-0.15, -0.1) is 0 Å². The minimum atomic E-state index is -1.30. The van der Waals surface area contributed by atoms with Crippen LogP contribution in [0.1, 0.15) is 63.9 Å². The molecular weight excluding hydrogens is 775 g/mol. The predicted molar refractivity (Wildman–Crippen MR) is 216 cm³/mol. The minimum absolute atomic E-state index is 0.0110. The molecule has 9 rings (SSSR count). The number of methoxy groups -OCH3 is 2. The molecule has 17 heteroatoms. The summed E-state index contributed by atoms with van der Waals surface area (Å²) in [6, 6.07) is 7.83. The number of hydrogen-bond donors (Lipinski definition) is 3. The van der Waals surface area contributed by atoms with Gasteiger partial charge in [-0.1, -0.05) is 12.8 Å². The van der Waals surface area contributed by atoms with Gasteiger partial charge in [-0.05, 0) is 81.7 Å². The van der Waals surface area contributed by atoms with Gasteiger partial charge in [-0.25, -0.2) is 19.8 Å². The number of carbonyl (C=O) groups excluding carboxylic acids is 3.